The molecule has 0 bridgehead atoms. The molecule has 3 aliphatic rings. The molecule has 0 spiro atoms. The molecule has 3 fully saturated rings. The average molecular weight is 355 g/mol. The minimum Gasteiger partial charge on any atom is -0.339 e. The van der Waals surface area contributed by atoms with Gasteiger partial charge in [0.2, 0.25) is 11.8 Å². The molecule has 5 nitrogen and oxygen atoms in total. The van der Waals surface area contributed by atoms with Gasteiger partial charge in [0.05, 0.1) is 12.0 Å². The van der Waals surface area contributed by atoms with Gasteiger partial charge < -0.3 is 9.80 Å². The molecule has 2 atom stereocenters. The van der Waals surface area contributed by atoms with Crippen molar-refractivity contribution in [1.82, 2.24) is 14.8 Å². The largest absolute Gasteiger partial charge is 0.339 e. The Hall–Kier alpha value is -1.91. The first-order valence-electron chi connectivity index (χ1n) is 10.2. The molecule has 1 aliphatic carbocycles. The van der Waals surface area contributed by atoms with Crippen LogP contribution >= 0.6 is 0 Å². The minimum atomic E-state index is -0.162. The van der Waals surface area contributed by atoms with Gasteiger partial charge in [-0.1, -0.05) is 25.7 Å². The van der Waals surface area contributed by atoms with Crippen molar-refractivity contribution in [2.24, 2.45) is 5.92 Å². The van der Waals surface area contributed by atoms with Gasteiger partial charge in [-0.05, 0) is 43.4 Å². The van der Waals surface area contributed by atoms with E-state index in [-0.39, 0.29) is 23.8 Å². The van der Waals surface area contributed by atoms with Crippen molar-refractivity contribution in [2.45, 2.75) is 69.9 Å². The number of nitrogens with zero attached hydrogens (tertiary/aromatic N) is 3. The molecule has 1 aromatic heterocycles. The molecule has 4 rings (SSSR count). The summed E-state index contributed by atoms with van der Waals surface area (Å²) in [4.78, 5) is 34.1. The predicted octanol–water partition coefficient (Wildman–Crippen LogP) is 3.32. The molecule has 0 radical (unpaired) electrons. The second-order valence-electron chi connectivity index (χ2n) is 8.06. The van der Waals surface area contributed by atoms with E-state index in [1.165, 1.54) is 24.8 Å². The molecule has 140 valence electrons. The third-order valence-corrected chi connectivity index (χ3v) is 6.40. The van der Waals surface area contributed by atoms with E-state index in [9.17, 15) is 9.59 Å². The summed E-state index contributed by atoms with van der Waals surface area (Å²) in [5.74, 6) is 0.207. The second-order valence-corrected chi connectivity index (χ2v) is 8.06. The van der Waals surface area contributed by atoms with Gasteiger partial charge in [0, 0.05) is 37.9 Å². The first kappa shape index (κ1) is 17.5. The highest BCUT2D eigenvalue weighted by atomic mass is 16.2. The van der Waals surface area contributed by atoms with Crippen LogP contribution in [0, 0.1) is 5.92 Å². The van der Waals surface area contributed by atoms with Crippen LogP contribution in [0.3, 0.4) is 0 Å². The van der Waals surface area contributed by atoms with E-state index < -0.39 is 0 Å². The molecular weight excluding hydrogens is 326 g/mol. The van der Waals surface area contributed by atoms with Gasteiger partial charge >= 0.3 is 0 Å². The van der Waals surface area contributed by atoms with Crippen molar-refractivity contribution in [3.8, 4) is 0 Å². The molecule has 0 aromatic carbocycles. The van der Waals surface area contributed by atoms with Gasteiger partial charge in [-0.15, -0.1) is 0 Å². The van der Waals surface area contributed by atoms with Gasteiger partial charge in [0.15, 0.2) is 0 Å². The van der Waals surface area contributed by atoms with E-state index in [0.29, 0.717) is 19.0 Å². The third-order valence-electron chi connectivity index (χ3n) is 6.40. The molecule has 2 aliphatic heterocycles. The summed E-state index contributed by atoms with van der Waals surface area (Å²) >= 11 is 0. The van der Waals surface area contributed by atoms with Crippen LogP contribution in [0.5, 0.6) is 0 Å². The van der Waals surface area contributed by atoms with Crippen molar-refractivity contribution in [2.75, 3.05) is 13.1 Å². The lowest BCUT2D eigenvalue weighted by Gasteiger charge is -2.32. The molecule has 3 heterocycles. The fourth-order valence-electron chi connectivity index (χ4n) is 5.00. The Balaban J connectivity index is 1.50. The number of amides is 2. The average Bonchev–Trinajstić information content (AvgIpc) is 3.25. The van der Waals surface area contributed by atoms with Crippen LogP contribution in [-0.2, 0) is 9.59 Å². The highest BCUT2D eigenvalue weighted by Gasteiger charge is 2.41. The molecule has 0 N–H and O–H groups in total. The third kappa shape index (κ3) is 3.49. The highest BCUT2D eigenvalue weighted by Crippen LogP contribution is 2.34. The number of rotatable bonds is 3. The quantitative estimate of drug-likeness (QED) is 0.836. The van der Waals surface area contributed by atoms with Gasteiger partial charge in [-0.2, -0.15) is 0 Å². The van der Waals surface area contributed by atoms with Crippen LogP contribution in [0.15, 0.2) is 24.5 Å². The fourth-order valence-corrected chi connectivity index (χ4v) is 5.00. The van der Waals surface area contributed by atoms with Gasteiger partial charge in [-0.3, -0.25) is 14.6 Å². The predicted molar refractivity (Wildman–Crippen MR) is 99.2 cm³/mol. The van der Waals surface area contributed by atoms with Crippen molar-refractivity contribution in [3.05, 3.63) is 30.1 Å². The summed E-state index contributed by atoms with van der Waals surface area (Å²) < 4.78 is 0. The van der Waals surface area contributed by atoms with E-state index in [4.69, 9.17) is 0 Å². The lowest BCUT2D eigenvalue weighted by atomic mass is 9.99. The smallest absolute Gasteiger partial charge is 0.228 e. The lowest BCUT2D eigenvalue weighted by molar-refractivity contribution is -0.138. The Bertz CT molecular complexity index is 642. The van der Waals surface area contributed by atoms with Gasteiger partial charge in [0.1, 0.15) is 0 Å². The van der Waals surface area contributed by atoms with Gasteiger partial charge in [-0.25, -0.2) is 0 Å². The maximum Gasteiger partial charge on any atom is 0.228 e. The summed E-state index contributed by atoms with van der Waals surface area (Å²) in [6.07, 6.45) is 13.0. The van der Waals surface area contributed by atoms with Crippen LogP contribution in [-0.4, -0.2) is 45.7 Å². The minimum absolute atomic E-state index is 0.128. The first-order chi connectivity index (χ1) is 12.7. The zero-order valence-electron chi connectivity index (χ0n) is 15.5. The number of aromatic nitrogens is 1. The van der Waals surface area contributed by atoms with E-state index in [0.717, 1.165) is 38.6 Å². The SMILES string of the molecule is O=C1CC(C(=O)N2CCCCCC2c2ccncc2)CN1C1CCCC1. The number of carbonyl (C=O) groups is 2. The molecule has 5 heteroatoms. The normalized spacial score (nSPS) is 27.8. The van der Waals surface area contributed by atoms with E-state index in [2.05, 4.69) is 9.88 Å². The number of likely N-dealkylation sites (tertiary alicyclic amines) is 2. The Kier molecular flexibility index (Phi) is 5.23. The summed E-state index contributed by atoms with van der Waals surface area (Å²) in [6, 6.07) is 4.56. The first-order valence-corrected chi connectivity index (χ1v) is 10.2. The number of hydrogen-bond donors (Lipinski definition) is 0. The van der Waals surface area contributed by atoms with E-state index in [1.54, 1.807) is 0 Å². The van der Waals surface area contributed by atoms with Crippen LogP contribution in [0.25, 0.3) is 0 Å². The van der Waals surface area contributed by atoms with E-state index >= 15 is 0 Å². The van der Waals surface area contributed by atoms with Crippen LogP contribution < -0.4 is 0 Å². The molecule has 2 amide bonds. The van der Waals surface area contributed by atoms with E-state index in [1.807, 2.05) is 29.4 Å². The number of carbonyl (C=O) groups excluding carboxylic acids is 2. The Morgan fingerprint density at radius 2 is 1.73 bits per heavy atom. The maximum atomic E-state index is 13.4. The van der Waals surface area contributed by atoms with Crippen LogP contribution in [0.4, 0.5) is 0 Å². The summed E-state index contributed by atoms with van der Waals surface area (Å²) in [5, 5.41) is 0. The Morgan fingerprint density at radius 1 is 1.00 bits per heavy atom. The number of pyridine rings is 1. The molecule has 26 heavy (non-hydrogen) atoms. The fraction of sp³-hybridized carbons (Fsp3) is 0.667. The molecule has 2 saturated heterocycles. The second kappa shape index (κ2) is 7.77. The van der Waals surface area contributed by atoms with Crippen molar-refractivity contribution in [1.29, 1.82) is 0 Å². The topological polar surface area (TPSA) is 53.5 Å². The van der Waals surface area contributed by atoms with Crippen LogP contribution in [0.2, 0.25) is 0 Å². The molecule has 2 unspecified atom stereocenters. The monoisotopic (exact) mass is 355 g/mol. The summed E-state index contributed by atoms with van der Waals surface area (Å²) in [7, 11) is 0. The summed E-state index contributed by atoms with van der Waals surface area (Å²) in [6.45, 7) is 1.43. The molecule has 1 aromatic rings. The van der Waals surface area contributed by atoms with Crippen molar-refractivity contribution in [3.63, 3.8) is 0 Å². The zero-order valence-corrected chi connectivity index (χ0v) is 15.5. The Labute approximate surface area is 155 Å². The highest BCUT2D eigenvalue weighted by molar-refractivity contribution is 5.89. The summed E-state index contributed by atoms with van der Waals surface area (Å²) in [5.41, 5.74) is 1.17. The standard InChI is InChI=1S/C21H29N3O2/c25-20-14-17(15-24(20)18-6-3-4-7-18)21(26)23-13-5-1-2-8-19(23)16-9-11-22-12-10-16/h9-12,17-19H,1-8,13-15H2. The zero-order chi connectivity index (χ0) is 17.9. The molecule has 1 saturated carbocycles. The lowest BCUT2D eigenvalue weighted by Crippen LogP contribution is -2.41. The maximum absolute atomic E-state index is 13.4. The van der Waals surface area contributed by atoms with Crippen molar-refractivity contribution < 1.29 is 9.59 Å². The van der Waals surface area contributed by atoms with Crippen LogP contribution in [0.1, 0.15) is 69.4 Å². The van der Waals surface area contributed by atoms with Gasteiger partial charge in [0.25, 0.3) is 0 Å². The number of hydrogen-bond acceptors (Lipinski definition) is 3. The van der Waals surface area contributed by atoms with Crippen molar-refractivity contribution >= 4 is 11.8 Å². The molecular formula is C21H29N3O2. The Morgan fingerprint density at radius 3 is 2.50 bits per heavy atom.